The molecule has 0 fully saturated rings. The molecule has 3 rings (SSSR count). The van der Waals surface area contributed by atoms with Crippen LogP contribution >= 0.6 is 0 Å². The summed E-state index contributed by atoms with van der Waals surface area (Å²) < 4.78 is 6.89. The summed E-state index contributed by atoms with van der Waals surface area (Å²) in [5.74, 6) is 1.17. The van der Waals surface area contributed by atoms with Gasteiger partial charge in [0.2, 0.25) is 0 Å². The highest BCUT2D eigenvalue weighted by Gasteiger charge is 2.15. The highest BCUT2D eigenvalue weighted by atomic mass is 16.5. The molecule has 0 saturated heterocycles. The number of nitrogens with one attached hydrogen (secondary N) is 2. The number of tetrazole rings is 1. The van der Waals surface area contributed by atoms with Crippen LogP contribution in [0.2, 0.25) is 0 Å². The van der Waals surface area contributed by atoms with E-state index >= 15 is 0 Å². The summed E-state index contributed by atoms with van der Waals surface area (Å²) in [5, 5.41) is 21.2. The Balaban J connectivity index is 1.87. The third-order valence-corrected chi connectivity index (χ3v) is 3.74. The van der Waals surface area contributed by atoms with Crippen LogP contribution < -0.4 is 10.1 Å². The minimum absolute atomic E-state index is 0.268. The van der Waals surface area contributed by atoms with E-state index in [0.717, 1.165) is 5.69 Å². The molecule has 0 aliphatic heterocycles. The highest BCUT2D eigenvalue weighted by molar-refractivity contribution is 6.03. The predicted octanol–water partition coefficient (Wildman–Crippen LogP) is 2.08. The molecule has 0 bridgehead atoms. The number of aryl methyl sites for hydroxylation is 1. The van der Waals surface area contributed by atoms with E-state index in [1.165, 1.54) is 0 Å². The van der Waals surface area contributed by atoms with Gasteiger partial charge in [0.1, 0.15) is 11.4 Å². The number of benzene rings is 1. The number of aromatic nitrogens is 6. The normalized spacial score (nSPS) is 10.9. The second kappa shape index (κ2) is 6.71. The number of amides is 1. The van der Waals surface area contributed by atoms with Gasteiger partial charge in [-0.1, -0.05) is 13.8 Å². The molecule has 1 amide bonds. The van der Waals surface area contributed by atoms with Crippen molar-refractivity contribution in [3.8, 4) is 11.4 Å². The minimum atomic E-state index is -0.298. The smallest absolute Gasteiger partial charge is 0.276 e. The Labute approximate surface area is 144 Å². The molecule has 0 radical (unpaired) electrons. The van der Waals surface area contributed by atoms with Gasteiger partial charge in [-0.05, 0) is 47.5 Å². The van der Waals surface area contributed by atoms with Gasteiger partial charge in [-0.25, -0.2) is 0 Å². The van der Waals surface area contributed by atoms with Crippen LogP contribution in [0.1, 0.15) is 41.8 Å². The van der Waals surface area contributed by atoms with Gasteiger partial charge < -0.3 is 10.1 Å². The number of rotatable bonds is 5. The van der Waals surface area contributed by atoms with Crippen molar-refractivity contribution in [1.82, 2.24) is 30.4 Å². The number of hydrogen-bond acceptors (Lipinski definition) is 6. The molecule has 1 aromatic carbocycles. The molecule has 0 saturated carbocycles. The van der Waals surface area contributed by atoms with Crippen LogP contribution in [0.15, 0.2) is 24.3 Å². The zero-order valence-electron chi connectivity index (χ0n) is 14.4. The number of carbonyl (C=O) groups is 1. The van der Waals surface area contributed by atoms with Crippen LogP contribution in [0.3, 0.4) is 0 Å². The molecule has 2 aromatic heterocycles. The Morgan fingerprint density at radius 3 is 2.72 bits per heavy atom. The fourth-order valence-electron chi connectivity index (χ4n) is 2.33. The Bertz CT molecular complexity index is 898. The van der Waals surface area contributed by atoms with Crippen molar-refractivity contribution in [3.63, 3.8) is 0 Å². The molecule has 25 heavy (non-hydrogen) atoms. The summed E-state index contributed by atoms with van der Waals surface area (Å²) in [6.07, 6.45) is 0. The standard InChI is InChI=1S/C16H19N7O2/c1-9(2)12-8-13(20-19-12)16(24)17-11-5-6-15(25-4)14(7-11)23-10(3)18-21-22-23/h5-9H,1-4H3,(H,17,24)(H,19,20). The topological polar surface area (TPSA) is 111 Å². The summed E-state index contributed by atoms with van der Waals surface area (Å²) in [6.45, 7) is 5.83. The number of H-pyrrole nitrogens is 1. The van der Waals surface area contributed by atoms with E-state index in [2.05, 4.69) is 31.0 Å². The highest BCUT2D eigenvalue weighted by Crippen LogP contribution is 2.26. The molecule has 0 aliphatic carbocycles. The third kappa shape index (κ3) is 3.35. The van der Waals surface area contributed by atoms with Gasteiger partial charge in [-0.2, -0.15) is 9.78 Å². The van der Waals surface area contributed by atoms with E-state index < -0.39 is 0 Å². The summed E-state index contributed by atoms with van der Waals surface area (Å²) >= 11 is 0. The lowest BCUT2D eigenvalue weighted by Crippen LogP contribution is -2.13. The van der Waals surface area contributed by atoms with Crippen LogP contribution in [0.4, 0.5) is 5.69 Å². The van der Waals surface area contributed by atoms with Gasteiger partial charge in [-0.3, -0.25) is 9.89 Å². The third-order valence-electron chi connectivity index (χ3n) is 3.74. The van der Waals surface area contributed by atoms with E-state index in [1.807, 2.05) is 13.8 Å². The maximum absolute atomic E-state index is 12.4. The second-order valence-electron chi connectivity index (χ2n) is 5.84. The Kier molecular flexibility index (Phi) is 4.46. The van der Waals surface area contributed by atoms with Crippen molar-refractivity contribution < 1.29 is 9.53 Å². The van der Waals surface area contributed by atoms with Gasteiger partial charge in [0.25, 0.3) is 5.91 Å². The summed E-state index contributed by atoms with van der Waals surface area (Å²) in [5.41, 5.74) is 2.46. The van der Waals surface area contributed by atoms with Crippen molar-refractivity contribution >= 4 is 11.6 Å². The first kappa shape index (κ1) is 16.6. The molecule has 130 valence electrons. The van der Waals surface area contributed by atoms with E-state index in [0.29, 0.717) is 28.6 Å². The zero-order valence-corrected chi connectivity index (χ0v) is 14.4. The van der Waals surface area contributed by atoms with Crippen molar-refractivity contribution in [3.05, 3.63) is 41.5 Å². The first-order valence-electron chi connectivity index (χ1n) is 7.79. The maximum Gasteiger partial charge on any atom is 0.276 e. The Morgan fingerprint density at radius 1 is 1.32 bits per heavy atom. The van der Waals surface area contributed by atoms with E-state index in [1.54, 1.807) is 43.0 Å². The molecule has 2 heterocycles. The second-order valence-corrected chi connectivity index (χ2v) is 5.84. The molecule has 9 nitrogen and oxygen atoms in total. The summed E-state index contributed by atoms with van der Waals surface area (Å²) in [7, 11) is 1.56. The van der Waals surface area contributed by atoms with Crippen LogP contribution in [-0.4, -0.2) is 43.4 Å². The van der Waals surface area contributed by atoms with Crippen LogP contribution in [0, 0.1) is 6.92 Å². The van der Waals surface area contributed by atoms with Crippen molar-refractivity contribution in [2.75, 3.05) is 12.4 Å². The summed E-state index contributed by atoms with van der Waals surface area (Å²) in [4.78, 5) is 12.4. The molecule has 3 aromatic rings. The molecule has 9 heteroatoms. The average molecular weight is 341 g/mol. The quantitative estimate of drug-likeness (QED) is 0.735. The molecular weight excluding hydrogens is 322 g/mol. The zero-order chi connectivity index (χ0) is 18.0. The fourth-order valence-corrected chi connectivity index (χ4v) is 2.33. The molecular formula is C16H19N7O2. The van der Waals surface area contributed by atoms with E-state index in [9.17, 15) is 4.79 Å². The lowest BCUT2D eigenvalue weighted by molar-refractivity contribution is 0.102. The predicted molar refractivity (Wildman–Crippen MR) is 91.1 cm³/mol. The van der Waals surface area contributed by atoms with Gasteiger partial charge in [0.15, 0.2) is 11.5 Å². The molecule has 0 atom stereocenters. The SMILES string of the molecule is COc1ccc(NC(=O)c2cc(C(C)C)[nH]n2)cc1-n1nnnc1C. The van der Waals surface area contributed by atoms with Crippen molar-refractivity contribution in [1.29, 1.82) is 0 Å². The number of ether oxygens (including phenoxy) is 1. The number of anilines is 1. The Morgan fingerprint density at radius 2 is 2.12 bits per heavy atom. The molecule has 0 spiro atoms. The van der Waals surface area contributed by atoms with Crippen LogP contribution in [-0.2, 0) is 0 Å². The largest absolute Gasteiger partial charge is 0.494 e. The van der Waals surface area contributed by atoms with E-state index in [4.69, 9.17) is 4.74 Å². The van der Waals surface area contributed by atoms with Gasteiger partial charge in [0, 0.05) is 11.4 Å². The molecule has 2 N–H and O–H groups in total. The minimum Gasteiger partial charge on any atom is -0.494 e. The fraction of sp³-hybridized carbons (Fsp3) is 0.312. The molecule has 0 unspecified atom stereocenters. The summed E-state index contributed by atoms with van der Waals surface area (Å²) in [6, 6.07) is 6.98. The van der Waals surface area contributed by atoms with Crippen LogP contribution in [0.25, 0.3) is 5.69 Å². The van der Waals surface area contributed by atoms with Gasteiger partial charge >= 0.3 is 0 Å². The first-order chi connectivity index (χ1) is 12.0. The number of methoxy groups -OCH3 is 1. The van der Waals surface area contributed by atoms with Crippen molar-refractivity contribution in [2.45, 2.75) is 26.7 Å². The maximum atomic E-state index is 12.4. The lowest BCUT2D eigenvalue weighted by atomic mass is 10.1. The molecule has 0 aliphatic rings. The number of carbonyl (C=O) groups excluding carboxylic acids is 1. The van der Waals surface area contributed by atoms with Crippen LogP contribution in [0.5, 0.6) is 5.75 Å². The monoisotopic (exact) mass is 341 g/mol. The first-order valence-corrected chi connectivity index (χ1v) is 7.79. The number of aromatic amines is 1. The Hall–Kier alpha value is -3.23. The van der Waals surface area contributed by atoms with Gasteiger partial charge in [-0.15, -0.1) is 5.10 Å². The number of hydrogen-bond donors (Lipinski definition) is 2. The van der Waals surface area contributed by atoms with Crippen molar-refractivity contribution in [2.24, 2.45) is 0 Å². The number of nitrogens with zero attached hydrogens (tertiary/aromatic N) is 5. The average Bonchev–Trinajstić information content (AvgIpc) is 3.24. The lowest BCUT2D eigenvalue weighted by Gasteiger charge is -2.11. The van der Waals surface area contributed by atoms with E-state index in [-0.39, 0.29) is 11.8 Å². The van der Waals surface area contributed by atoms with Gasteiger partial charge in [0.05, 0.1) is 7.11 Å².